The number of hydrazine groups is 1. The lowest BCUT2D eigenvalue weighted by molar-refractivity contribution is 0.291. The molecule has 2 heterocycles. The fourth-order valence-electron chi connectivity index (χ4n) is 2.92. The standard InChI is InChI=1S/C20H20N6O/c1-14-6-5-9-18(25(2)21)15(14)13-27-20-10-11-26(24-20)19-12-22-16-7-3-4-8-17(16)23-19/h3-12H,13,21H2,1-2H3. The predicted octanol–water partition coefficient (Wildman–Crippen LogP) is 3.01. The number of aryl methyl sites for hydroxylation is 1. The molecule has 27 heavy (non-hydrogen) atoms. The summed E-state index contributed by atoms with van der Waals surface area (Å²) in [5.74, 6) is 7.07. The van der Waals surface area contributed by atoms with Crippen molar-refractivity contribution in [1.82, 2.24) is 19.7 Å². The van der Waals surface area contributed by atoms with Crippen LogP contribution in [0.5, 0.6) is 5.88 Å². The van der Waals surface area contributed by atoms with Gasteiger partial charge in [-0.2, -0.15) is 0 Å². The highest BCUT2D eigenvalue weighted by atomic mass is 16.5. The number of ether oxygens (including phenoxy) is 1. The number of nitrogens with zero attached hydrogens (tertiary/aromatic N) is 5. The number of hydrogen-bond donors (Lipinski definition) is 1. The van der Waals surface area contributed by atoms with E-state index in [0.717, 1.165) is 27.8 Å². The van der Waals surface area contributed by atoms with Gasteiger partial charge in [-0.3, -0.25) is 4.98 Å². The monoisotopic (exact) mass is 360 g/mol. The summed E-state index contributed by atoms with van der Waals surface area (Å²) >= 11 is 0. The minimum atomic E-state index is 0.379. The average Bonchev–Trinajstić information content (AvgIpc) is 3.15. The molecule has 136 valence electrons. The molecule has 0 saturated heterocycles. The molecular formula is C20H20N6O. The highest BCUT2D eigenvalue weighted by molar-refractivity contribution is 5.74. The molecule has 0 saturated carbocycles. The van der Waals surface area contributed by atoms with E-state index in [-0.39, 0.29) is 0 Å². The van der Waals surface area contributed by atoms with Crippen molar-refractivity contribution < 1.29 is 4.74 Å². The molecule has 0 atom stereocenters. The second kappa shape index (κ2) is 7.05. The molecule has 0 bridgehead atoms. The third-order valence-corrected chi connectivity index (χ3v) is 4.37. The smallest absolute Gasteiger partial charge is 0.233 e. The van der Waals surface area contributed by atoms with Gasteiger partial charge in [0, 0.05) is 24.9 Å². The van der Waals surface area contributed by atoms with Gasteiger partial charge in [0.25, 0.3) is 0 Å². The maximum atomic E-state index is 5.92. The van der Waals surface area contributed by atoms with Crippen molar-refractivity contribution in [1.29, 1.82) is 0 Å². The highest BCUT2D eigenvalue weighted by Crippen LogP contribution is 2.23. The zero-order valence-electron chi connectivity index (χ0n) is 15.2. The van der Waals surface area contributed by atoms with E-state index in [0.29, 0.717) is 18.3 Å². The van der Waals surface area contributed by atoms with Gasteiger partial charge >= 0.3 is 0 Å². The second-order valence-electron chi connectivity index (χ2n) is 6.29. The van der Waals surface area contributed by atoms with E-state index in [2.05, 4.69) is 15.1 Å². The molecule has 2 N–H and O–H groups in total. The molecule has 7 heteroatoms. The van der Waals surface area contributed by atoms with Gasteiger partial charge in [-0.05, 0) is 30.7 Å². The summed E-state index contributed by atoms with van der Waals surface area (Å²) in [6.45, 7) is 2.42. The summed E-state index contributed by atoms with van der Waals surface area (Å²) in [5, 5.41) is 6.05. The summed E-state index contributed by atoms with van der Waals surface area (Å²) < 4.78 is 7.55. The Bertz CT molecular complexity index is 1090. The van der Waals surface area contributed by atoms with Crippen LogP contribution < -0.4 is 15.6 Å². The Hall–Kier alpha value is -3.45. The Morgan fingerprint density at radius 2 is 1.89 bits per heavy atom. The fraction of sp³-hybridized carbons (Fsp3) is 0.150. The lowest BCUT2D eigenvalue weighted by Crippen LogP contribution is -2.26. The Morgan fingerprint density at radius 3 is 2.70 bits per heavy atom. The van der Waals surface area contributed by atoms with Crippen LogP contribution in [0, 0.1) is 6.92 Å². The quantitative estimate of drug-likeness (QED) is 0.435. The summed E-state index contributed by atoms with van der Waals surface area (Å²) in [4.78, 5) is 9.01. The highest BCUT2D eigenvalue weighted by Gasteiger charge is 2.10. The van der Waals surface area contributed by atoms with Crippen LogP contribution in [0.2, 0.25) is 0 Å². The van der Waals surface area contributed by atoms with Crippen molar-refractivity contribution in [2.45, 2.75) is 13.5 Å². The zero-order valence-corrected chi connectivity index (χ0v) is 15.2. The van der Waals surface area contributed by atoms with E-state index >= 15 is 0 Å². The molecule has 7 nitrogen and oxygen atoms in total. The third kappa shape index (κ3) is 3.45. The van der Waals surface area contributed by atoms with Gasteiger partial charge in [0.05, 0.1) is 22.9 Å². The summed E-state index contributed by atoms with van der Waals surface area (Å²) in [7, 11) is 1.81. The van der Waals surface area contributed by atoms with Crippen LogP contribution in [0.15, 0.2) is 60.9 Å². The largest absolute Gasteiger partial charge is 0.472 e. The molecule has 0 aliphatic carbocycles. The predicted molar refractivity (Wildman–Crippen MR) is 105 cm³/mol. The van der Waals surface area contributed by atoms with E-state index in [4.69, 9.17) is 10.6 Å². The van der Waals surface area contributed by atoms with Crippen molar-refractivity contribution in [3.63, 3.8) is 0 Å². The van der Waals surface area contributed by atoms with Crippen LogP contribution in [0.4, 0.5) is 5.69 Å². The van der Waals surface area contributed by atoms with Crippen molar-refractivity contribution in [3.05, 3.63) is 72.1 Å². The van der Waals surface area contributed by atoms with E-state index < -0.39 is 0 Å². The topological polar surface area (TPSA) is 82.1 Å². The first kappa shape index (κ1) is 17.0. The van der Waals surface area contributed by atoms with Crippen LogP contribution >= 0.6 is 0 Å². The SMILES string of the molecule is Cc1cccc(N(C)N)c1COc1ccn(-c2cnc3ccccc3n2)n1. The first-order valence-corrected chi connectivity index (χ1v) is 8.59. The number of benzene rings is 2. The maximum absolute atomic E-state index is 5.92. The van der Waals surface area contributed by atoms with Crippen LogP contribution in [-0.2, 0) is 6.61 Å². The Labute approximate surface area is 157 Å². The first-order valence-electron chi connectivity index (χ1n) is 8.59. The Morgan fingerprint density at radius 1 is 1.07 bits per heavy atom. The normalized spacial score (nSPS) is 10.9. The van der Waals surface area contributed by atoms with Gasteiger partial charge in [0.2, 0.25) is 5.88 Å². The Balaban J connectivity index is 1.55. The number of para-hydroxylation sites is 2. The molecule has 0 spiro atoms. The van der Waals surface area contributed by atoms with E-state index in [1.165, 1.54) is 0 Å². The van der Waals surface area contributed by atoms with Crippen LogP contribution in [0.3, 0.4) is 0 Å². The zero-order chi connectivity index (χ0) is 18.8. The van der Waals surface area contributed by atoms with Gasteiger partial charge in [-0.15, -0.1) is 5.10 Å². The number of hydrogen-bond acceptors (Lipinski definition) is 6. The molecule has 0 radical (unpaired) electrons. The van der Waals surface area contributed by atoms with Crippen molar-refractivity contribution in [2.24, 2.45) is 5.84 Å². The summed E-state index contributed by atoms with van der Waals surface area (Å²) in [6, 6.07) is 15.5. The number of fused-ring (bicyclic) bond motifs is 1. The van der Waals surface area contributed by atoms with Crippen molar-refractivity contribution in [2.75, 3.05) is 12.1 Å². The molecule has 2 aromatic carbocycles. The molecule has 4 aromatic rings. The van der Waals surface area contributed by atoms with Crippen LogP contribution in [0.25, 0.3) is 16.9 Å². The molecule has 4 rings (SSSR count). The van der Waals surface area contributed by atoms with Gasteiger partial charge < -0.3 is 9.75 Å². The number of aromatic nitrogens is 4. The van der Waals surface area contributed by atoms with Gasteiger partial charge in [-0.1, -0.05) is 24.3 Å². The third-order valence-electron chi connectivity index (χ3n) is 4.37. The number of anilines is 1. The molecular weight excluding hydrogens is 340 g/mol. The Kier molecular flexibility index (Phi) is 4.43. The average molecular weight is 360 g/mol. The minimum absolute atomic E-state index is 0.379. The molecule has 2 aromatic heterocycles. The van der Waals surface area contributed by atoms with Gasteiger partial charge in [-0.25, -0.2) is 15.5 Å². The van der Waals surface area contributed by atoms with E-state index in [1.54, 1.807) is 22.0 Å². The second-order valence-corrected chi connectivity index (χ2v) is 6.29. The molecule has 0 aliphatic rings. The van der Waals surface area contributed by atoms with Crippen LogP contribution in [-0.4, -0.2) is 26.8 Å². The van der Waals surface area contributed by atoms with Gasteiger partial charge in [0.1, 0.15) is 6.61 Å². The molecule has 0 fully saturated rings. The van der Waals surface area contributed by atoms with E-state index in [9.17, 15) is 0 Å². The van der Waals surface area contributed by atoms with Crippen molar-refractivity contribution >= 4 is 16.7 Å². The minimum Gasteiger partial charge on any atom is -0.472 e. The summed E-state index contributed by atoms with van der Waals surface area (Å²) in [5.41, 5.74) is 4.74. The summed E-state index contributed by atoms with van der Waals surface area (Å²) in [6.07, 6.45) is 3.50. The van der Waals surface area contributed by atoms with Crippen LogP contribution in [0.1, 0.15) is 11.1 Å². The molecule has 0 unspecified atom stereocenters. The maximum Gasteiger partial charge on any atom is 0.233 e. The van der Waals surface area contributed by atoms with Crippen molar-refractivity contribution in [3.8, 4) is 11.7 Å². The van der Waals surface area contributed by atoms with Gasteiger partial charge in [0.15, 0.2) is 5.82 Å². The lowest BCUT2D eigenvalue weighted by Gasteiger charge is -2.18. The fourth-order valence-corrected chi connectivity index (χ4v) is 2.92. The number of nitrogens with two attached hydrogens (primary N) is 1. The molecule has 0 aliphatic heterocycles. The first-order chi connectivity index (χ1) is 13.1. The van der Waals surface area contributed by atoms with E-state index in [1.807, 2.05) is 62.6 Å². The lowest BCUT2D eigenvalue weighted by atomic mass is 10.1. The molecule has 0 amide bonds. The number of rotatable bonds is 5.